The first-order valence-electron chi connectivity index (χ1n) is 10.2. The largest absolute Gasteiger partial charge is 0.497 e. The number of carbonyl (C=O) groups is 1. The predicted molar refractivity (Wildman–Crippen MR) is 129 cm³/mol. The van der Waals surface area contributed by atoms with Crippen molar-refractivity contribution < 1.29 is 22.7 Å². The van der Waals surface area contributed by atoms with Crippen LogP contribution in [-0.2, 0) is 14.8 Å². The lowest BCUT2D eigenvalue weighted by molar-refractivity contribution is -0.119. The molecule has 1 amide bonds. The summed E-state index contributed by atoms with van der Waals surface area (Å²) < 4.78 is 38.5. The number of amides is 1. The maximum atomic E-state index is 13.3. The summed E-state index contributed by atoms with van der Waals surface area (Å²) in [5.74, 6) is 0.793. The van der Waals surface area contributed by atoms with Crippen molar-refractivity contribution in [1.82, 2.24) is 5.32 Å². The molecule has 9 heteroatoms. The van der Waals surface area contributed by atoms with Crippen LogP contribution in [0.4, 0.5) is 5.69 Å². The molecule has 0 radical (unpaired) electrons. The summed E-state index contributed by atoms with van der Waals surface area (Å²) in [6, 6.07) is 19.9. The number of anilines is 1. The molecule has 0 saturated heterocycles. The van der Waals surface area contributed by atoms with Crippen LogP contribution in [0.2, 0.25) is 5.02 Å². The summed E-state index contributed by atoms with van der Waals surface area (Å²) in [6.07, 6.45) is 0. The molecule has 3 aromatic rings. The van der Waals surface area contributed by atoms with Crippen LogP contribution in [0.3, 0.4) is 0 Å². The van der Waals surface area contributed by atoms with Gasteiger partial charge in [0, 0.05) is 11.1 Å². The van der Waals surface area contributed by atoms with Crippen LogP contribution in [0.25, 0.3) is 0 Å². The van der Waals surface area contributed by atoms with Gasteiger partial charge in [-0.2, -0.15) is 0 Å². The van der Waals surface area contributed by atoms with Gasteiger partial charge in [-0.3, -0.25) is 9.10 Å². The van der Waals surface area contributed by atoms with Crippen molar-refractivity contribution in [3.05, 3.63) is 83.4 Å². The van der Waals surface area contributed by atoms with E-state index in [2.05, 4.69) is 5.32 Å². The summed E-state index contributed by atoms with van der Waals surface area (Å²) >= 11 is 6.08. The van der Waals surface area contributed by atoms with Crippen molar-refractivity contribution in [2.24, 2.45) is 0 Å². The zero-order chi connectivity index (χ0) is 23.8. The summed E-state index contributed by atoms with van der Waals surface area (Å²) in [7, 11) is -2.43. The predicted octanol–water partition coefficient (Wildman–Crippen LogP) is 4.05. The second-order valence-corrected chi connectivity index (χ2v) is 9.48. The van der Waals surface area contributed by atoms with E-state index in [1.54, 1.807) is 61.7 Å². The minimum Gasteiger partial charge on any atom is -0.497 e. The number of ether oxygens (including phenoxy) is 2. The Balaban J connectivity index is 1.69. The fourth-order valence-corrected chi connectivity index (χ4v) is 4.62. The van der Waals surface area contributed by atoms with Crippen LogP contribution in [0.5, 0.6) is 11.5 Å². The Hall–Kier alpha value is -3.23. The maximum absolute atomic E-state index is 13.3. The highest BCUT2D eigenvalue weighted by atomic mass is 35.5. The lowest BCUT2D eigenvalue weighted by Crippen LogP contribution is -2.41. The normalized spacial score (nSPS) is 11.0. The molecule has 3 aromatic carbocycles. The smallest absolute Gasteiger partial charge is 0.264 e. The molecular weight excluding hydrogens is 464 g/mol. The molecule has 7 nitrogen and oxygen atoms in total. The number of halogens is 1. The minimum atomic E-state index is -4.00. The molecule has 0 fully saturated rings. The Morgan fingerprint density at radius 3 is 2.39 bits per heavy atom. The van der Waals surface area contributed by atoms with Gasteiger partial charge in [-0.1, -0.05) is 41.4 Å². The van der Waals surface area contributed by atoms with E-state index >= 15 is 0 Å². The molecule has 0 bridgehead atoms. The van der Waals surface area contributed by atoms with Gasteiger partial charge in [0.05, 0.1) is 24.2 Å². The summed E-state index contributed by atoms with van der Waals surface area (Å²) in [6.45, 7) is 1.87. The van der Waals surface area contributed by atoms with E-state index in [0.29, 0.717) is 22.2 Å². The lowest BCUT2D eigenvalue weighted by Gasteiger charge is -2.24. The third kappa shape index (κ3) is 6.63. The maximum Gasteiger partial charge on any atom is 0.264 e. The molecule has 1 N–H and O–H groups in total. The second-order valence-electron chi connectivity index (χ2n) is 7.18. The number of benzene rings is 3. The molecule has 0 aliphatic rings. The number of rotatable bonds is 10. The minimum absolute atomic E-state index is 0.0854. The van der Waals surface area contributed by atoms with Gasteiger partial charge in [0.2, 0.25) is 5.91 Å². The molecule has 0 aliphatic heterocycles. The van der Waals surface area contributed by atoms with Gasteiger partial charge in [-0.25, -0.2) is 8.42 Å². The molecule has 0 atom stereocenters. The van der Waals surface area contributed by atoms with Crippen LogP contribution in [0.15, 0.2) is 77.7 Å². The van der Waals surface area contributed by atoms with Crippen LogP contribution >= 0.6 is 11.6 Å². The molecule has 0 saturated carbocycles. The Kier molecular flexibility index (Phi) is 8.19. The number of hydrogen-bond donors (Lipinski definition) is 1. The Morgan fingerprint density at radius 2 is 1.70 bits per heavy atom. The Morgan fingerprint density at radius 1 is 1.00 bits per heavy atom. The number of nitrogens with zero attached hydrogens (tertiary/aromatic N) is 1. The van der Waals surface area contributed by atoms with Gasteiger partial charge in [0.25, 0.3) is 10.0 Å². The van der Waals surface area contributed by atoms with E-state index in [0.717, 1.165) is 9.87 Å². The van der Waals surface area contributed by atoms with Crippen LogP contribution < -0.4 is 19.1 Å². The molecular formula is C24H25ClN2O5S. The highest BCUT2D eigenvalue weighted by Gasteiger charge is 2.27. The molecule has 0 heterocycles. The SMILES string of the molecule is COc1cccc(OCCNC(=O)CN(c2cccc(Cl)c2)S(=O)(=O)c2ccc(C)cc2)c1. The van der Waals surface area contributed by atoms with E-state index in [9.17, 15) is 13.2 Å². The van der Waals surface area contributed by atoms with E-state index < -0.39 is 22.5 Å². The quantitative estimate of drug-likeness (QED) is 0.435. The van der Waals surface area contributed by atoms with Crippen LogP contribution in [0.1, 0.15) is 5.56 Å². The summed E-state index contributed by atoms with van der Waals surface area (Å²) in [4.78, 5) is 12.7. The molecule has 33 heavy (non-hydrogen) atoms. The Labute approximate surface area is 198 Å². The van der Waals surface area contributed by atoms with Gasteiger partial charge in [-0.15, -0.1) is 0 Å². The second kappa shape index (κ2) is 11.1. The third-order valence-corrected chi connectivity index (χ3v) is 6.75. The average Bonchev–Trinajstić information content (AvgIpc) is 2.80. The Bertz CT molecular complexity index is 1200. The van der Waals surface area contributed by atoms with Crippen LogP contribution in [0, 0.1) is 6.92 Å². The zero-order valence-corrected chi connectivity index (χ0v) is 19.9. The fourth-order valence-electron chi connectivity index (χ4n) is 3.02. The highest BCUT2D eigenvalue weighted by Crippen LogP contribution is 2.26. The van der Waals surface area contributed by atoms with E-state index in [1.807, 2.05) is 6.92 Å². The topological polar surface area (TPSA) is 84.9 Å². The van der Waals surface area contributed by atoms with Gasteiger partial charge in [0.15, 0.2) is 0 Å². The van der Waals surface area contributed by atoms with Crippen molar-refractivity contribution in [2.45, 2.75) is 11.8 Å². The average molecular weight is 489 g/mol. The molecule has 0 spiro atoms. The number of carbonyl (C=O) groups excluding carboxylic acids is 1. The first-order valence-corrected chi connectivity index (χ1v) is 12.0. The van der Waals surface area contributed by atoms with Crippen molar-refractivity contribution in [3.8, 4) is 11.5 Å². The first-order chi connectivity index (χ1) is 15.8. The van der Waals surface area contributed by atoms with Crippen molar-refractivity contribution in [3.63, 3.8) is 0 Å². The lowest BCUT2D eigenvalue weighted by atomic mass is 10.2. The van der Waals surface area contributed by atoms with Crippen molar-refractivity contribution >= 4 is 33.2 Å². The first kappa shape index (κ1) is 24.4. The van der Waals surface area contributed by atoms with Gasteiger partial charge >= 0.3 is 0 Å². The fraction of sp³-hybridized carbons (Fsp3) is 0.208. The highest BCUT2D eigenvalue weighted by molar-refractivity contribution is 7.92. The van der Waals surface area contributed by atoms with Crippen LogP contribution in [-0.4, -0.2) is 41.1 Å². The van der Waals surface area contributed by atoms with Crippen molar-refractivity contribution in [1.29, 1.82) is 0 Å². The number of sulfonamides is 1. The molecule has 174 valence electrons. The van der Waals surface area contributed by atoms with Gasteiger partial charge in [0.1, 0.15) is 24.7 Å². The standard InChI is InChI=1S/C24H25ClN2O5S/c1-18-9-11-23(12-10-18)33(29,30)27(20-6-3-5-19(25)15-20)17-24(28)26-13-14-32-22-8-4-7-21(16-22)31-2/h3-12,15-16H,13-14,17H2,1-2H3,(H,26,28). The molecule has 0 unspecified atom stereocenters. The van der Waals surface area contributed by atoms with E-state index in [-0.39, 0.29) is 18.0 Å². The number of nitrogens with one attached hydrogen (secondary N) is 1. The van der Waals surface area contributed by atoms with E-state index in [1.165, 1.54) is 18.2 Å². The number of aryl methyl sites for hydroxylation is 1. The summed E-state index contributed by atoms with van der Waals surface area (Å²) in [5, 5.41) is 3.06. The molecule has 3 rings (SSSR count). The summed E-state index contributed by atoms with van der Waals surface area (Å²) in [5.41, 5.74) is 1.22. The third-order valence-electron chi connectivity index (χ3n) is 4.73. The monoisotopic (exact) mass is 488 g/mol. The number of hydrogen-bond acceptors (Lipinski definition) is 5. The van der Waals surface area contributed by atoms with Gasteiger partial charge < -0.3 is 14.8 Å². The number of methoxy groups -OCH3 is 1. The van der Waals surface area contributed by atoms with E-state index in [4.69, 9.17) is 21.1 Å². The van der Waals surface area contributed by atoms with Gasteiger partial charge in [-0.05, 0) is 49.4 Å². The molecule has 0 aromatic heterocycles. The molecule has 0 aliphatic carbocycles. The van der Waals surface area contributed by atoms with Crippen molar-refractivity contribution in [2.75, 3.05) is 31.1 Å². The zero-order valence-electron chi connectivity index (χ0n) is 18.3.